The first-order valence-electron chi connectivity index (χ1n) is 7.36. The molecule has 1 aliphatic carbocycles. The lowest BCUT2D eigenvalue weighted by Crippen LogP contribution is -2.13. The van der Waals surface area contributed by atoms with E-state index in [4.69, 9.17) is 0 Å². The molecule has 1 fully saturated rings. The van der Waals surface area contributed by atoms with Crippen LogP contribution in [0.25, 0.3) is 5.00 Å². The number of halogens is 1. The van der Waals surface area contributed by atoms with Crippen LogP contribution < -0.4 is 5.32 Å². The predicted octanol–water partition coefficient (Wildman–Crippen LogP) is 2.87. The molecule has 0 saturated heterocycles. The number of carbonyl (C=O) groups is 1. The van der Waals surface area contributed by atoms with Crippen LogP contribution in [0.1, 0.15) is 16.1 Å². The van der Waals surface area contributed by atoms with Gasteiger partial charge in [0.1, 0.15) is 23.5 Å². The molecule has 6 nitrogen and oxygen atoms in total. The second-order valence-corrected chi connectivity index (χ2v) is 6.10. The van der Waals surface area contributed by atoms with Crippen LogP contribution in [0.4, 0.5) is 9.52 Å². The first-order valence-corrected chi connectivity index (χ1v) is 8.18. The lowest BCUT2D eigenvalue weighted by Gasteiger charge is -2.06. The predicted molar refractivity (Wildman–Crippen MR) is 90.9 cm³/mol. The van der Waals surface area contributed by atoms with E-state index in [-0.39, 0.29) is 5.56 Å². The van der Waals surface area contributed by atoms with Gasteiger partial charge in [0, 0.05) is 5.92 Å². The summed E-state index contributed by atoms with van der Waals surface area (Å²) in [6, 6.07) is 5.81. The highest BCUT2D eigenvalue weighted by atomic mass is 32.1. The molecule has 25 heavy (non-hydrogen) atoms. The van der Waals surface area contributed by atoms with Crippen LogP contribution >= 0.6 is 11.3 Å². The maximum Gasteiger partial charge on any atom is 0.260 e. The maximum atomic E-state index is 13.8. The van der Waals surface area contributed by atoms with Gasteiger partial charge in [0.25, 0.3) is 5.91 Å². The van der Waals surface area contributed by atoms with Crippen molar-refractivity contribution in [3.63, 3.8) is 0 Å². The minimum atomic E-state index is -0.579. The van der Waals surface area contributed by atoms with E-state index in [1.165, 1.54) is 35.9 Å². The van der Waals surface area contributed by atoms with Gasteiger partial charge in [-0.3, -0.25) is 10.1 Å². The quantitative estimate of drug-likeness (QED) is 0.784. The lowest BCUT2D eigenvalue weighted by atomic mass is 10.1. The number of amides is 1. The maximum absolute atomic E-state index is 13.8. The van der Waals surface area contributed by atoms with Crippen LogP contribution in [0.15, 0.2) is 36.9 Å². The van der Waals surface area contributed by atoms with Crippen LogP contribution in [-0.4, -0.2) is 25.7 Å². The Morgan fingerprint density at radius 3 is 2.72 bits per heavy atom. The van der Waals surface area contributed by atoms with Gasteiger partial charge in [-0.1, -0.05) is 23.5 Å². The van der Waals surface area contributed by atoms with Gasteiger partial charge in [-0.2, -0.15) is 5.10 Å². The monoisotopic (exact) mass is 352 g/mol. The largest absolute Gasteiger partial charge is 0.298 e. The summed E-state index contributed by atoms with van der Waals surface area (Å²) in [6.07, 6.45) is 10.6. The summed E-state index contributed by atoms with van der Waals surface area (Å²) in [4.78, 5) is 20.7. The second-order valence-electron chi connectivity index (χ2n) is 5.12. The first kappa shape index (κ1) is 15.9. The van der Waals surface area contributed by atoms with Gasteiger partial charge in [0.15, 0.2) is 5.13 Å². The molecule has 0 spiro atoms. The van der Waals surface area contributed by atoms with Crippen LogP contribution in [-0.2, 0) is 0 Å². The van der Waals surface area contributed by atoms with Crippen LogP contribution in [0.3, 0.4) is 0 Å². The fourth-order valence-corrected chi connectivity index (χ4v) is 3.28. The zero-order chi connectivity index (χ0) is 17.2. The van der Waals surface area contributed by atoms with Crippen molar-refractivity contribution in [3.05, 3.63) is 85.6 Å². The minimum Gasteiger partial charge on any atom is -0.298 e. The third-order valence-corrected chi connectivity index (χ3v) is 4.47. The Kier molecular flexibility index (Phi) is 4.27. The summed E-state index contributed by atoms with van der Waals surface area (Å²) >= 11 is 1.24. The molecule has 2 aromatic heterocycles. The van der Waals surface area contributed by atoms with Crippen LogP contribution in [0.5, 0.6) is 0 Å². The number of carbonyl (C=O) groups excluding carboxylic acids is 1. The molecule has 1 amide bonds. The minimum absolute atomic E-state index is 0.0325. The van der Waals surface area contributed by atoms with E-state index in [9.17, 15) is 9.18 Å². The molecule has 3 aromatic rings. The average molecular weight is 352 g/mol. The van der Waals surface area contributed by atoms with Crippen molar-refractivity contribution < 1.29 is 9.18 Å². The fraction of sp³-hybridized carbons (Fsp3) is 0. The normalized spacial score (nSPS) is 14.8. The highest BCUT2D eigenvalue weighted by molar-refractivity contribution is 7.18. The van der Waals surface area contributed by atoms with Crippen LogP contribution in [0.2, 0.25) is 0 Å². The summed E-state index contributed by atoms with van der Waals surface area (Å²) in [6.45, 7) is 0. The summed E-state index contributed by atoms with van der Waals surface area (Å²) in [5.41, 5.74) is 0.638. The second kappa shape index (κ2) is 6.72. The molecule has 1 saturated carbocycles. The zero-order valence-corrected chi connectivity index (χ0v) is 13.6. The van der Waals surface area contributed by atoms with E-state index in [1.807, 2.05) is 25.7 Å². The van der Waals surface area contributed by atoms with Crippen molar-refractivity contribution in [2.75, 3.05) is 5.32 Å². The van der Waals surface area contributed by atoms with Gasteiger partial charge in [0.05, 0.1) is 11.3 Å². The zero-order valence-electron chi connectivity index (χ0n) is 12.8. The number of benzene rings is 1. The summed E-state index contributed by atoms with van der Waals surface area (Å²) in [5, 5.41) is 7.85. The topological polar surface area (TPSA) is 72.7 Å². The number of anilines is 1. The Morgan fingerprint density at radius 1 is 1.20 bits per heavy atom. The van der Waals surface area contributed by atoms with Crippen molar-refractivity contribution in [1.29, 1.82) is 0 Å². The standard InChI is InChI=1S/C17H11FN5OS/c18-13-8-4-3-7-12(13)15(24)22-17-21-14(11-5-1-2-6-11)16(25-17)23-10-19-9-20-23/h1-10H,(H,21,22,24). The SMILES string of the molecule is O=C(Nc1nc([C]2[CH][CH][CH][CH]2)c(-n2cncn2)s1)c1ccccc1F. The molecule has 2 heterocycles. The Bertz CT molecular complexity index is 886. The van der Waals surface area contributed by atoms with Crippen molar-refractivity contribution in [2.45, 2.75) is 0 Å². The Hall–Kier alpha value is -2.61. The summed E-state index contributed by atoms with van der Waals surface area (Å²) in [7, 11) is 0. The average Bonchev–Trinajstić information content (AvgIpc) is 3.36. The molecule has 8 heteroatoms. The number of thiazole rings is 1. The van der Waals surface area contributed by atoms with Gasteiger partial charge >= 0.3 is 0 Å². The summed E-state index contributed by atoms with van der Waals surface area (Å²) < 4.78 is 15.4. The Balaban J connectivity index is 1.65. The van der Waals surface area contributed by atoms with E-state index in [2.05, 4.69) is 20.4 Å². The molecule has 0 unspecified atom stereocenters. The van der Waals surface area contributed by atoms with Gasteiger partial charge in [-0.05, 0) is 37.8 Å². The molecule has 1 aromatic carbocycles. The molecule has 1 N–H and O–H groups in total. The van der Waals surface area contributed by atoms with Crippen molar-refractivity contribution in [3.8, 4) is 5.00 Å². The van der Waals surface area contributed by atoms with Crippen molar-refractivity contribution in [1.82, 2.24) is 19.7 Å². The van der Waals surface area contributed by atoms with Crippen molar-refractivity contribution in [2.24, 2.45) is 0 Å². The first-order chi connectivity index (χ1) is 12.2. The van der Waals surface area contributed by atoms with Gasteiger partial charge in [-0.25, -0.2) is 19.0 Å². The molecule has 0 atom stereocenters. The molecule has 0 aliphatic heterocycles. The smallest absolute Gasteiger partial charge is 0.260 e. The van der Waals surface area contributed by atoms with Crippen molar-refractivity contribution >= 4 is 22.4 Å². The highest BCUT2D eigenvalue weighted by Gasteiger charge is 2.27. The lowest BCUT2D eigenvalue weighted by molar-refractivity contribution is 0.102. The Morgan fingerprint density at radius 2 is 2.00 bits per heavy atom. The van der Waals surface area contributed by atoms with E-state index in [1.54, 1.807) is 17.1 Å². The third kappa shape index (κ3) is 3.17. The van der Waals surface area contributed by atoms with E-state index >= 15 is 0 Å². The fourth-order valence-electron chi connectivity index (χ4n) is 2.36. The van der Waals surface area contributed by atoms with Gasteiger partial charge < -0.3 is 0 Å². The summed E-state index contributed by atoms with van der Waals surface area (Å²) in [5.74, 6) is -0.233. The number of aromatic nitrogens is 4. The number of hydrogen-bond donors (Lipinski definition) is 1. The number of hydrogen-bond acceptors (Lipinski definition) is 5. The Labute approximate surface area is 147 Å². The highest BCUT2D eigenvalue weighted by Crippen LogP contribution is 2.37. The van der Waals surface area contributed by atoms with Gasteiger partial charge in [-0.15, -0.1) is 0 Å². The van der Waals surface area contributed by atoms with Gasteiger partial charge in [0.2, 0.25) is 0 Å². The number of nitrogens with one attached hydrogen (secondary N) is 1. The van der Waals surface area contributed by atoms with E-state index in [0.29, 0.717) is 15.8 Å². The molecule has 5 radical (unpaired) electrons. The number of rotatable bonds is 4. The van der Waals surface area contributed by atoms with E-state index < -0.39 is 11.7 Å². The molecule has 0 bridgehead atoms. The molecule has 123 valence electrons. The third-order valence-electron chi connectivity index (χ3n) is 3.51. The molecular weight excluding hydrogens is 341 g/mol. The van der Waals surface area contributed by atoms with E-state index in [0.717, 1.165) is 5.92 Å². The molecular formula is C17H11FN5OS. The van der Waals surface area contributed by atoms with Crippen LogP contribution in [0, 0.1) is 37.4 Å². The molecule has 1 aliphatic rings. The molecule has 4 rings (SSSR count). The number of nitrogens with zero attached hydrogens (tertiary/aromatic N) is 4.